The van der Waals surface area contributed by atoms with Crippen LogP contribution in [0.4, 0.5) is 0 Å². The summed E-state index contributed by atoms with van der Waals surface area (Å²) >= 11 is 0. The molecule has 3 heteroatoms. The number of nitrogens with zero attached hydrogens (tertiary/aromatic N) is 1. The molecule has 1 N–H and O–H groups in total. The Morgan fingerprint density at radius 1 is 1.11 bits per heavy atom. The molecule has 3 nitrogen and oxygen atoms in total. The van der Waals surface area contributed by atoms with Crippen molar-refractivity contribution in [1.82, 2.24) is 10.2 Å². The third-order valence-corrected chi connectivity index (χ3v) is 4.54. The summed E-state index contributed by atoms with van der Waals surface area (Å²) in [6.07, 6.45) is 2.36. The number of ether oxygens (including phenoxy) is 1. The Balaban J connectivity index is 2.91. The zero-order valence-corrected chi connectivity index (χ0v) is 13.9. The highest BCUT2D eigenvalue weighted by Crippen LogP contribution is 2.35. The third-order valence-electron chi connectivity index (χ3n) is 4.54. The molecule has 0 saturated carbocycles. The molecule has 2 atom stereocenters. The van der Waals surface area contributed by atoms with Gasteiger partial charge in [0, 0.05) is 24.7 Å². The summed E-state index contributed by atoms with van der Waals surface area (Å²) in [7, 11) is 0. The van der Waals surface area contributed by atoms with Gasteiger partial charge in [-0.15, -0.1) is 0 Å². The van der Waals surface area contributed by atoms with Crippen LogP contribution in [-0.2, 0) is 4.74 Å². The van der Waals surface area contributed by atoms with Crippen LogP contribution in [0.1, 0.15) is 54.4 Å². The van der Waals surface area contributed by atoms with Gasteiger partial charge in [-0.05, 0) is 31.7 Å². The fraction of sp³-hybridized carbons (Fsp3) is 1.00. The summed E-state index contributed by atoms with van der Waals surface area (Å²) < 4.78 is 5.52. The van der Waals surface area contributed by atoms with E-state index in [2.05, 4.69) is 51.8 Å². The molecule has 0 aliphatic carbocycles. The van der Waals surface area contributed by atoms with E-state index in [1.54, 1.807) is 0 Å². The quantitative estimate of drug-likeness (QED) is 0.803. The molecule has 0 bridgehead atoms. The third kappa shape index (κ3) is 4.17. The maximum Gasteiger partial charge on any atom is 0.0594 e. The minimum absolute atomic E-state index is 0.206. The fourth-order valence-corrected chi connectivity index (χ4v) is 3.43. The average Bonchev–Trinajstić information content (AvgIpc) is 2.38. The molecule has 114 valence electrons. The van der Waals surface area contributed by atoms with Crippen LogP contribution in [0.2, 0.25) is 0 Å². The Morgan fingerprint density at radius 3 is 2.11 bits per heavy atom. The first kappa shape index (κ1) is 16.9. The van der Waals surface area contributed by atoms with Crippen molar-refractivity contribution >= 4 is 0 Å². The van der Waals surface area contributed by atoms with Crippen molar-refractivity contribution in [2.75, 3.05) is 32.8 Å². The Bertz CT molecular complexity index is 256. The minimum atomic E-state index is 0.206. The van der Waals surface area contributed by atoms with Gasteiger partial charge in [0.25, 0.3) is 0 Å². The lowest BCUT2D eigenvalue weighted by Crippen LogP contribution is -2.65. The lowest BCUT2D eigenvalue weighted by molar-refractivity contribution is -0.0492. The number of hydrogen-bond donors (Lipinski definition) is 1. The van der Waals surface area contributed by atoms with Gasteiger partial charge in [0.1, 0.15) is 0 Å². The van der Waals surface area contributed by atoms with Crippen LogP contribution in [0.15, 0.2) is 0 Å². The summed E-state index contributed by atoms with van der Waals surface area (Å²) in [6, 6.07) is 0.503. The molecular weight excluding hydrogens is 236 g/mol. The molecule has 0 radical (unpaired) electrons. The van der Waals surface area contributed by atoms with Crippen molar-refractivity contribution in [3.05, 3.63) is 0 Å². The van der Waals surface area contributed by atoms with Crippen LogP contribution < -0.4 is 5.32 Å². The molecule has 2 unspecified atom stereocenters. The van der Waals surface area contributed by atoms with Crippen LogP contribution in [0, 0.1) is 5.41 Å². The van der Waals surface area contributed by atoms with Crippen LogP contribution in [0.25, 0.3) is 0 Å². The number of morpholine rings is 1. The summed E-state index contributed by atoms with van der Waals surface area (Å²) in [6.45, 7) is 19.0. The smallest absolute Gasteiger partial charge is 0.0594 e. The predicted molar refractivity (Wildman–Crippen MR) is 82.6 cm³/mol. The lowest BCUT2D eigenvalue weighted by atomic mass is 9.72. The Morgan fingerprint density at radius 2 is 1.68 bits per heavy atom. The Labute approximate surface area is 120 Å². The predicted octanol–water partition coefficient (Wildman–Crippen LogP) is 2.90. The van der Waals surface area contributed by atoms with Crippen LogP contribution >= 0.6 is 0 Å². The number of rotatable bonds is 6. The zero-order valence-electron chi connectivity index (χ0n) is 13.9. The number of hydrogen-bond acceptors (Lipinski definition) is 3. The van der Waals surface area contributed by atoms with E-state index >= 15 is 0 Å². The highest BCUT2D eigenvalue weighted by Gasteiger charge is 2.44. The van der Waals surface area contributed by atoms with Gasteiger partial charge in [0.15, 0.2) is 0 Å². The molecule has 0 spiro atoms. The minimum Gasteiger partial charge on any atom is -0.379 e. The fourth-order valence-electron chi connectivity index (χ4n) is 3.43. The second kappa shape index (κ2) is 7.05. The molecule has 0 amide bonds. The molecule has 1 heterocycles. The molecule has 1 aliphatic heterocycles. The van der Waals surface area contributed by atoms with Crippen molar-refractivity contribution in [2.45, 2.75) is 66.0 Å². The second-order valence-corrected chi connectivity index (χ2v) is 7.06. The van der Waals surface area contributed by atoms with Gasteiger partial charge >= 0.3 is 0 Å². The van der Waals surface area contributed by atoms with E-state index in [1.807, 2.05) is 0 Å². The lowest BCUT2D eigenvalue weighted by Gasteiger charge is -2.52. The van der Waals surface area contributed by atoms with Crippen molar-refractivity contribution in [3.63, 3.8) is 0 Å². The largest absolute Gasteiger partial charge is 0.379 e. The molecule has 19 heavy (non-hydrogen) atoms. The molecule has 1 saturated heterocycles. The number of nitrogens with one attached hydrogen (secondary N) is 1. The summed E-state index contributed by atoms with van der Waals surface area (Å²) in [4.78, 5) is 2.63. The highest BCUT2D eigenvalue weighted by molar-refractivity contribution is 5.02. The van der Waals surface area contributed by atoms with Crippen molar-refractivity contribution in [2.24, 2.45) is 5.41 Å². The molecular formula is C16H34N2O. The molecule has 1 aliphatic rings. The first-order chi connectivity index (χ1) is 8.86. The van der Waals surface area contributed by atoms with Crippen molar-refractivity contribution < 1.29 is 4.74 Å². The van der Waals surface area contributed by atoms with E-state index in [0.29, 0.717) is 6.04 Å². The van der Waals surface area contributed by atoms with Gasteiger partial charge in [0.2, 0.25) is 0 Å². The van der Waals surface area contributed by atoms with Gasteiger partial charge in [-0.3, -0.25) is 4.90 Å². The Hall–Kier alpha value is -0.120. The summed E-state index contributed by atoms with van der Waals surface area (Å²) in [5, 5.41) is 3.82. The first-order valence-corrected chi connectivity index (χ1v) is 7.92. The van der Waals surface area contributed by atoms with Gasteiger partial charge < -0.3 is 10.1 Å². The molecule has 0 aromatic rings. The van der Waals surface area contributed by atoms with Gasteiger partial charge in [-0.2, -0.15) is 0 Å². The average molecular weight is 270 g/mol. The van der Waals surface area contributed by atoms with E-state index in [1.165, 1.54) is 12.8 Å². The first-order valence-electron chi connectivity index (χ1n) is 7.92. The molecule has 0 aromatic heterocycles. The highest BCUT2D eigenvalue weighted by atomic mass is 16.5. The maximum absolute atomic E-state index is 5.52. The standard InChI is InChI=1S/C16H34N2O/c1-7-9-17-14(15(3,4)5)16(6,8-2)18-10-12-19-13-11-18/h14,17H,7-13H2,1-6H3. The van der Waals surface area contributed by atoms with E-state index in [-0.39, 0.29) is 11.0 Å². The van der Waals surface area contributed by atoms with Crippen molar-refractivity contribution in [3.8, 4) is 0 Å². The van der Waals surface area contributed by atoms with Crippen LogP contribution in [0.3, 0.4) is 0 Å². The van der Waals surface area contributed by atoms with Crippen LogP contribution in [-0.4, -0.2) is 49.3 Å². The summed E-state index contributed by atoms with van der Waals surface area (Å²) in [5.74, 6) is 0. The second-order valence-electron chi connectivity index (χ2n) is 7.06. The topological polar surface area (TPSA) is 24.5 Å². The van der Waals surface area contributed by atoms with E-state index in [9.17, 15) is 0 Å². The molecule has 1 fully saturated rings. The van der Waals surface area contributed by atoms with Crippen molar-refractivity contribution in [1.29, 1.82) is 0 Å². The monoisotopic (exact) mass is 270 g/mol. The summed E-state index contributed by atoms with van der Waals surface area (Å²) in [5.41, 5.74) is 0.468. The maximum atomic E-state index is 5.52. The van der Waals surface area contributed by atoms with Gasteiger partial charge in [-0.25, -0.2) is 0 Å². The normalized spacial score (nSPS) is 23.1. The van der Waals surface area contributed by atoms with E-state index < -0.39 is 0 Å². The molecule has 1 rings (SSSR count). The Kier molecular flexibility index (Phi) is 6.28. The SMILES string of the molecule is CCCNC(C(C)(C)C)C(C)(CC)N1CCOCC1. The van der Waals surface area contributed by atoms with E-state index in [4.69, 9.17) is 4.74 Å². The van der Waals surface area contributed by atoms with Crippen LogP contribution in [0.5, 0.6) is 0 Å². The molecule has 0 aromatic carbocycles. The zero-order chi connectivity index (χ0) is 14.5. The van der Waals surface area contributed by atoms with Gasteiger partial charge in [0.05, 0.1) is 13.2 Å². The van der Waals surface area contributed by atoms with E-state index in [0.717, 1.165) is 32.8 Å². The van der Waals surface area contributed by atoms with Gasteiger partial charge in [-0.1, -0.05) is 34.6 Å².